The first-order valence-electron chi connectivity index (χ1n) is 27.2. The van der Waals surface area contributed by atoms with E-state index < -0.39 is 13.9 Å². The number of carbonyl (C=O) groups excluding carboxylic acids is 1. The number of phosphoric ester groups is 1. The molecule has 0 rings (SSSR count). The Morgan fingerprint density at radius 3 is 1.28 bits per heavy atom. The molecule has 0 aromatic heterocycles. The third-order valence-electron chi connectivity index (χ3n) is 11.9. The summed E-state index contributed by atoms with van der Waals surface area (Å²) in [5.74, 6) is -0.319. The Balaban J connectivity index is 4.05. The van der Waals surface area contributed by atoms with E-state index in [1.165, 1.54) is 180 Å². The normalized spacial score (nSPS) is 13.8. The number of rotatable bonds is 51. The zero-order valence-electron chi connectivity index (χ0n) is 43.0. The van der Waals surface area contributed by atoms with E-state index in [4.69, 9.17) is 18.5 Å². The van der Waals surface area contributed by atoms with Gasteiger partial charge in [0.2, 0.25) is 0 Å². The lowest BCUT2D eigenvalue weighted by atomic mass is 10.0. The molecule has 8 nitrogen and oxygen atoms in total. The number of unbranched alkanes of at least 4 members (excludes halogenated alkanes) is 31. The average Bonchev–Trinajstić information content (AvgIpc) is 3.25. The van der Waals surface area contributed by atoms with E-state index in [9.17, 15) is 14.3 Å². The van der Waals surface area contributed by atoms with Gasteiger partial charge in [-0.25, -0.2) is 4.57 Å². The van der Waals surface area contributed by atoms with Crippen LogP contribution >= 0.6 is 7.82 Å². The first-order valence-corrected chi connectivity index (χ1v) is 28.7. The van der Waals surface area contributed by atoms with Crippen LogP contribution in [0.5, 0.6) is 0 Å². The highest BCUT2D eigenvalue weighted by Gasteiger charge is 2.26. The van der Waals surface area contributed by atoms with Crippen molar-refractivity contribution < 1.29 is 37.3 Å². The zero-order chi connectivity index (χ0) is 46.9. The molecule has 0 spiro atoms. The quantitative estimate of drug-likeness (QED) is 0.0214. The van der Waals surface area contributed by atoms with Crippen molar-refractivity contribution in [3.63, 3.8) is 0 Å². The summed E-state index contributed by atoms with van der Waals surface area (Å²) in [4.78, 5) is 23.0. The molecule has 0 aliphatic rings. The molecular weight excluding hydrogens is 818 g/mol. The lowest BCUT2D eigenvalue weighted by molar-refractivity contribution is -0.870. The lowest BCUT2D eigenvalue weighted by Crippen LogP contribution is -2.37. The van der Waals surface area contributed by atoms with Crippen molar-refractivity contribution in [1.82, 2.24) is 0 Å². The molecule has 0 aromatic rings. The van der Waals surface area contributed by atoms with Gasteiger partial charge in [-0.2, -0.15) is 0 Å². The second-order valence-electron chi connectivity index (χ2n) is 19.6. The number of likely N-dealkylation sites (N-methyl/N-ethyl adjacent to an activating group) is 1. The number of allylic oxidation sites excluding steroid dienone is 6. The van der Waals surface area contributed by atoms with Crippen LogP contribution in [0, 0.1) is 0 Å². The van der Waals surface area contributed by atoms with Crippen molar-refractivity contribution in [3.8, 4) is 0 Å². The van der Waals surface area contributed by atoms with Gasteiger partial charge in [0, 0.05) is 13.0 Å². The summed E-state index contributed by atoms with van der Waals surface area (Å²) < 4.78 is 35.2. The molecule has 1 N–H and O–H groups in total. The fourth-order valence-electron chi connectivity index (χ4n) is 7.70. The summed E-state index contributed by atoms with van der Waals surface area (Å²) in [6.45, 7) is 5.64. The molecule has 0 saturated heterocycles. The van der Waals surface area contributed by atoms with Crippen LogP contribution in [0.25, 0.3) is 0 Å². The molecule has 9 heteroatoms. The van der Waals surface area contributed by atoms with Crippen LogP contribution in [0.2, 0.25) is 0 Å². The highest BCUT2D eigenvalue weighted by molar-refractivity contribution is 7.47. The van der Waals surface area contributed by atoms with Gasteiger partial charge in [-0.05, 0) is 70.6 Å². The van der Waals surface area contributed by atoms with Gasteiger partial charge in [-0.1, -0.05) is 211 Å². The predicted octanol–water partition coefficient (Wildman–Crippen LogP) is 16.9. The van der Waals surface area contributed by atoms with Crippen molar-refractivity contribution in [1.29, 1.82) is 0 Å². The van der Waals surface area contributed by atoms with E-state index in [1.54, 1.807) is 0 Å². The van der Waals surface area contributed by atoms with Gasteiger partial charge >= 0.3 is 13.8 Å². The van der Waals surface area contributed by atoms with Gasteiger partial charge in [0.1, 0.15) is 19.3 Å². The van der Waals surface area contributed by atoms with Gasteiger partial charge in [0.05, 0.1) is 34.4 Å². The smallest absolute Gasteiger partial charge is 0.457 e. The molecule has 0 saturated carbocycles. The van der Waals surface area contributed by atoms with E-state index in [1.807, 2.05) is 21.1 Å². The third-order valence-corrected chi connectivity index (χ3v) is 12.9. The number of hydrogen-bond acceptors (Lipinski definition) is 6. The number of quaternary nitrogens is 1. The van der Waals surface area contributed by atoms with Crippen molar-refractivity contribution in [2.45, 2.75) is 258 Å². The molecule has 0 aliphatic carbocycles. The average molecular weight is 925 g/mol. The van der Waals surface area contributed by atoms with E-state index in [2.05, 4.69) is 50.3 Å². The van der Waals surface area contributed by atoms with Gasteiger partial charge in [-0.3, -0.25) is 13.8 Å². The molecule has 2 unspecified atom stereocenters. The van der Waals surface area contributed by atoms with Crippen LogP contribution in [0.15, 0.2) is 36.5 Å². The van der Waals surface area contributed by atoms with Gasteiger partial charge in [-0.15, -0.1) is 0 Å². The van der Waals surface area contributed by atoms with Crippen LogP contribution in [-0.4, -0.2) is 75.6 Å². The summed E-state index contributed by atoms with van der Waals surface area (Å²) in [6, 6.07) is 0. The van der Waals surface area contributed by atoms with Gasteiger partial charge < -0.3 is 18.9 Å². The maximum Gasteiger partial charge on any atom is 0.472 e. The number of nitrogens with zero attached hydrogens (tertiary/aromatic N) is 1. The lowest BCUT2D eigenvalue weighted by Gasteiger charge is -2.24. The molecule has 0 aliphatic heterocycles. The Bertz CT molecular complexity index is 1120. The molecule has 0 fully saturated rings. The maximum absolute atomic E-state index is 12.8. The molecule has 2 atom stereocenters. The highest BCUT2D eigenvalue weighted by atomic mass is 31.2. The molecule has 0 heterocycles. The first-order chi connectivity index (χ1) is 31.1. The Labute approximate surface area is 397 Å². The van der Waals surface area contributed by atoms with Crippen LogP contribution in [0.1, 0.15) is 251 Å². The minimum Gasteiger partial charge on any atom is -0.457 e. The second-order valence-corrected chi connectivity index (χ2v) is 21.1. The van der Waals surface area contributed by atoms with Crippen molar-refractivity contribution >= 4 is 13.8 Å². The number of ether oxygens (including phenoxy) is 2. The third kappa shape index (κ3) is 51.7. The Morgan fingerprint density at radius 1 is 0.484 bits per heavy atom. The summed E-state index contributed by atoms with van der Waals surface area (Å²) in [7, 11) is 1.67. The summed E-state index contributed by atoms with van der Waals surface area (Å²) in [5.41, 5.74) is 0. The predicted molar refractivity (Wildman–Crippen MR) is 275 cm³/mol. The monoisotopic (exact) mass is 925 g/mol. The Morgan fingerprint density at radius 2 is 0.859 bits per heavy atom. The second kappa shape index (κ2) is 48.2. The number of esters is 1. The molecule has 0 radical (unpaired) electrons. The highest BCUT2D eigenvalue weighted by Crippen LogP contribution is 2.43. The summed E-state index contributed by atoms with van der Waals surface area (Å²) >= 11 is 0. The fraction of sp³-hybridized carbons (Fsp3) is 0.873. The van der Waals surface area contributed by atoms with Crippen molar-refractivity contribution in [2.75, 3.05) is 54.1 Å². The van der Waals surface area contributed by atoms with Crippen LogP contribution < -0.4 is 0 Å². The molecule has 0 bridgehead atoms. The maximum atomic E-state index is 12.8. The van der Waals surface area contributed by atoms with E-state index in [-0.39, 0.29) is 25.8 Å². The molecule has 0 amide bonds. The minimum atomic E-state index is -4.28. The van der Waals surface area contributed by atoms with Gasteiger partial charge in [0.15, 0.2) is 0 Å². The number of hydrogen-bond donors (Lipinski definition) is 1. The number of carbonyl (C=O) groups is 1. The van der Waals surface area contributed by atoms with E-state index in [0.29, 0.717) is 24.1 Å². The minimum absolute atomic E-state index is 0.0879. The largest absolute Gasteiger partial charge is 0.472 e. The number of phosphoric acid groups is 1. The van der Waals surface area contributed by atoms with Crippen LogP contribution in [-0.2, 0) is 27.9 Å². The Kier molecular flexibility index (Phi) is 47.2. The first kappa shape index (κ1) is 62.7. The van der Waals surface area contributed by atoms with Crippen LogP contribution in [0.3, 0.4) is 0 Å². The molecule has 64 heavy (non-hydrogen) atoms. The summed E-state index contributed by atoms with van der Waals surface area (Å²) in [5, 5.41) is 0. The zero-order valence-corrected chi connectivity index (χ0v) is 43.9. The summed E-state index contributed by atoms with van der Waals surface area (Å²) in [6.07, 6.45) is 59.1. The topological polar surface area (TPSA) is 91.3 Å². The molecular formula is C55H107NO7P+. The fourth-order valence-corrected chi connectivity index (χ4v) is 8.44. The van der Waals surface area contributed by atoms with Crippen molar-refractivity contribution in [2.24, 2.45) is 0 Å². The van der Waals surface area contributed by atoms with Gasteiger partial charge in [0.25, 0.3) is 0 Å². The van der Waals surface area contributed by atoms with Crippen LogP contribution in [0.4, 0.5) is 0 Å². The van der Waals surface area contributed by atoms with E-state index in [0.717, 1.165) is 51.4 Å². The van der Waals surface area contributed by atoms with E-state index >= 15 is 0 Å². The Hall–Kier alpha value is -1.28. The standard InChI is InChI=1S/C55H106NO7P/c1-6-8-10-12-14-16-18-20-22-24-25-26-27-28-29-30-31-32-33-35-37-39-41-43-45-47-50-60-52-54(53-62-64(58,59)61-51-49-56(3,4)5)63-55(57)48-46-44-42-40-38-36-34-23-21-19-17-15-13-11-9-7-2/h18,20,23-25,34,54H,6-17,19,21-22,26-33,35-53H2,1-5H3/p+1/b20-18-,25-24-,34-23-. The SMILES string of the molecule is CCCCCCC/C=C\C/C=C\CCCCCCCCCCCCCCCCOCC(COP(=O)(O)OCC[N+](C)(C)C)OC(=O)CCCCCCC/C=C\CCCCCCCCC. The van der Waals surface area contributed by atoms with Crippen molar-refractivity contribution in [3.05, 3.63) is 36.5 Å². The molecule has 0 aromatic carbocycles. The molecule has 378 valence electrons.